The molecule has 94 valence electrons. The van der Waals surface area contributed by atoms with Crippen LogP contribution in [0.2, 0.25) is 0 Å². The van der Waals surface area contributed by atoms with E-state index in [2.05, 4.69) is 5.32 Å². The first-order chi connectivity index (χ1) is 7.15. The normalized spacial score (nSPS) is 26.9. The molecule has 1 rings (SSSR count). The second-order valence-corrected chi connectivity index (χ2v) is 5.64. The number of hydrogen-bond acceptors (Lipinski definition) is 3. The number of ether oxygens (including phenoxy) is 1. The Labute approximate surface area is 97.4 Å². The van der Waals surface area contributed by atoms with E-state index in [0.717, 1.165) is 6.42 Å². The summed E-state index contributed by atoms with van der Waals surface area (Å²) < 4.78 is 5.36. The molecule has 0 spiro atoms. The molecule has 0 aromatic heterocycles. The average Bonchev–Trinajstić information content (AvgIpc) is 2.48. The van der Waals surface area contributed by atoms with E-state index in [-0.39, 0.29) is 17.9 Å². The van der Waals surface area contributed by atoms with Gasteiger partial charge in [0.2, 0.25) is 5.91 Å². The van der Waals surface area contributed by atoms with Gasteiger partial charge in [-0.1, -0.05) is 0 Å². The maximum absolute atomic E-state index is 12.0. The molecule has 1 heterocycles. The van der Waals surface area contributed by atoms with E-state index in [0.29, 0.717) is 6.61 Å². The van der Waals surface area contributed by atoms with Crippen LogP contribution in [0.5, 0.6) is 0 Å². The Balaban J connectivity index is 2.64. The Bertz CT molecular complexity index is 268. The van der Waals surface area contributed by atoms with E-state index in [4.69, 9.17) is 4.74 Å². The molecule has 2 unspecified atom stereocenters. The highest BCUT2D eigenvalue weighted by molar-refractivity contribution is 5.80. The van der Waals surface area contributed by atoms with Crippen molar-refractivity contribution in [3.05, 3.63) is 0 Å². The van der Waals surface area contributed by atoms with Crippen molar-refractivity contribution in [2.24, 2.45) is 5.92 Å². The fourth-order valence-corrected chi connectivity index (χ4v) is 1.63. The van der Waals surface area contributed by atoms with Crippen LogP contribution in [-0.4, -0.2) is 34.9 Å². The minimum Gasteiger partial charge on any atom is -0.388 e. The van der Waals surface area contributed by atoms with Gasteiger partial charge in [0.25, 0.3) is 0 Å². The van der Waals surface area contributed by atoms with Crippen molar-refractivity contribution in [1.29, 1.82) is 0 Å². The van der Waals surface area contributed by atoms with E-state index in [1.54, 1.807) is 13.8 Å². The summed E-state index contributed by atoms with van der Waals surface area (Å²) in [5.74, 6) is -0.126. The predicted octanol–water partition coefficient (Wildman–Crippen LogP) is 1.08. The molecule has 16 heavy (non-hydrogen) atoms. The topological polar surface area (TPSA) is 58.6 Å². The number of amides is 1. The largest absolute Gasteiger partial charge is 0.388 e. The van der Waals surface area contributed by atoms with Gasteiger partial charge in [-0.15, -0.1) is 0 Å². The molecule has 0 bridgehead atoms. The van der Waals surface area contributed by atoms with Crippen molar-refractivity contribution in [3.63, 3.8) is 0 Å². The van der Waals surface area contributed by atoms with Gasteiger partial charge in [0.15, 0.2) is 0 Å². The van der Waals surface area contributed by atoms with Crippen molar-refractivity contribution < 1.29 is 14.6 Å². The molecular weight excluding hydrogens is 206 g/mol. The quantitative estimate of drug-likeness (QED) is 0.761. The molecule has 4 heteroatoms. The summed E-state index contributed by atoms with van der Waals surface area (Å²) in [5.41, 5.74) is -1.60. The average molecular weight is 229 g/mol. The predicted molar refractivity (Wildman–Crippen MR) is 62.0 cm³/mol. The SMILES string of the molecule is CC1OCCC1C(=O)NC(C)(C)C(C)(C)O. The fraction of sp³-hybridized carbons (Fsp3) is 0.917. The maximum atomic E-state index is 12.0. The molecule has 0 aromatic carbocycles. The molecule has 0 aliphatic carbocycles. The van der Waals surface area contributed by atoms with Gasteiger partial charge in [-0.05, 0) is 41.0 Å². The van der Waals surface area contributed by atoms with Gasteiger partial charge >= 0.3 is 0 Å². The lowest BCUT2D eigenvalue weighted by molar-refractivity contribution is -0.131. The summed E-state index contributed by atoms with van der Waals surface area (Å²) in [6, 6.07) is 0. The third kappa shape index (κ3) is 2.74. The highest BCUT2D eigenvalue weighted by Crippen LogP contribution is 2.25. The van der Waals surface area contributed by atoms with Crippen LogP contribution in [0.15, 0.2) is 0 Å². The molecule has 2 atom stereocenters. The van der Waals surface area contributed by atoms with Crippen LogP contribution in [0.3, 0.4) is 0 Å². The van der Waals surface area contributed by atoms with Gasteiger partial charge in [-0.25, -0.2) is 0 Å². The minimum atomic E-state index is -0.953. The Kier molecular flexibility index (Phi) is 3.65. The number of aliphatic hydroxyl groups is 1. The van der Waals surface area contributed by atoms with Gasteiger partial charge in [-0.3, -0.25) is 4.79 Å². The zero-order valence-corrected chi connectivity index (χ0v) is 10.8. The van der Waals surface area contributed by atoms with E-state index in [9.17, 15) is 9.90 Å². The summed E-state index contributed by atoms with van der Waals surface area (Å²) in [7, 11) is 0. The zero-order valence-electron chi connectivity index (χ0n) is 10.8. The Morgan fingerprint density at radius 2 is 1.94 bits per heavy atom. The number of carbonyl (C=O) groups is 1. The first-order valence-corrected chi connectivity index (χ1v) is 5.81. The number of hydrogen-bond donors (Lipinski definition) is 2. The first-order valence-electron chi connectivity index (χ1n) is 5.81. The number of nitrogens with one attached hydrogen (secondary N) is 1. The number of carbonyl (C=O) groups excluding carboxylic acids is 1. The summed E-state index contributed by atoms with van der Waals surface area (Å²) in [4.78, 5) is 12.0. The summed E-state index contributed by atoms with van der Waals surface area (Å²) in [6.07, 6.45) is 0.729. The fourth-order valence-electron chi connectivity index (χ4n) is 1.63. The standard InChI is InChI=1S/C12H23NO3/c1-8-9(6-7-16-8)10(14)13-11(2,3)12(4,5)15/h8-9,15H,6-7H2,1-5H3,(H,13,14). The van der Waals surface area contributed by atoms with Crippen molar-refractivity contribution in [2.75, 3.05) is 6.61 Å². The monoisotopic (exact) mass is 229 g/mol. The van der Waals surface area contributed by atoms with Gasteiger partial charge in [-0.2, -0.15) is 0 Å². The van der Waals surface area contributed by atoms with Gasteiger partial charge < -0.3 is 15.2 Å². The van der Waals surface area contributed by atoms with Crippen LogP contribution < -0.4 is 5.32 Å². The third-order valence-corrected chi connectivity index (χ3v) is 3.68. The lowest BCUT2D eigenvalue weighted by atomic mass is 9.85. The van der Waals surface area contributed by atoms with Crippen LogP contribution in [-0.2, 0) is 9.53 Å². The maximum Gasteiger partial charge on any atom is 0.226 e. The van der Waals surface area contributed by atoms with E-state index in [1.807, 2.05) is 20.8 Å². The summed E-state index contributed by atoms with van der Waals surface area (Å²) >= 11 is 0. The second kappa shape index (κ2) is 4.34. The lowest BCUT2D eigenvalue weighted by Gasteiger charge is -2.38. The van der Waals surface area contributed by atoms with Gasteiger partial charge in [0.1, 0.15) is 0 Å². The second-order valence-electron chi connectivity index (χ2n) is 5.64. The summed E-state index contributed by atoms with van der Waals surface area (Å²) in [5, 5.41) is 12.9. The Morgan fingerprint density at radius 1 is 1.38 bits per heavy atom. The van der Waals surface area contributed by atoms with Gasteiger partial charge in [0, 0.05) is 6.61 Å². The van der Waals surface area contributed by atoms with Crippen molar-refractivity contribution in [1.82, 2.24) is 5.32 Å². The molecule has 1 saturated heterocycles. The molecule has 1 amide bonds. The highest BCUT2D eigenvalue weighted by Gasteiger charge is 2.39. The molecular formula is C12H23NO3. The number of rotatable bonds is 3. The third-order valence-electron chi connectivity index (χ3n) is 3.68. The molecule has 1 fully saturated rings. The minimum absolute atomic E-state index is 0.0300. The molecule has 1 aliphatic rings. The molecule has 0 radical (unpaired) electrons. The van der Waals surface area contributed by atoms with Crippen molar-refractivity contribution in [3.8, 4) is 0 Å². The summed E-state index contributed by atoms with van der Waals surface area (Å²) in [6.45, 7) is 9.59. The lowest BCUT2D eigenvalue weighted by Crippen LogP contribution is -2.59. The molecule has 2 N–H and O–H groups in total. The van der Waals surface area contributed by atoms with Crippen molar-refractivity contribution in [2.45, 2.75) is 58.3 Å². The van der Waals surface area contributed by atoms with Crippen LogP contribution in [0, 0.1) is 5.92 Å². The van der Waals surface area contributed by atoms with Crippen LogP contribution in [0.1, 0.15) is 41.0 Å². The highest BCUT2D eigenvalue weighted by atomic mass is 16.5. The molecule has 4 nitrogen and oxygen atoms in total. The zero-order chi connectivity index (χ0) is 12.6. The Hall–Kier alpha value is -0.610. The van der Waals surface area contributed by atoms with Gasteiger partial charge in [0.05, 0.1) is 23.2 Å². The molecule has 1 aliphatic heterocycles. The van der Waals surface area contributed by atoms with Crippen LogP contribution in [0.4, 0.5) is 0 Å². The molecule has 0 saturated carbocycles. The van der Waals surface area contributed by atoms with E-state index < -0.39 is 11.1 Å². The van der Waals surface area contributed by atoms with Crippen molar-refractivity contribution >= 4 is 5.91 Å². The Morgan fingerprint density at radius 3 is 2.31 bits per heavy atom. The smallest absolute Gasteiger partial charge is 0.226 e. The first kappa shape index (κ1) is 13.5. The van der Waals surface area contributed by atoms with E-state index in [1.165, 1.54) is 0 Å². The molecule has 0 aromatic rings. The van der Waals surface area contributed by atoms with Crippen LogP contribution in [0.25, 0.3) is 0 Å². The van der Waals surface area contributed by atoms with Crippen LogP contribution >= 0.6 is 0 Å². The van der Waals surface area contributed by atoms with E-state index >= 15 is 0 Å².